The van der Waals surface area contributed by atoms with E-state index in [4.69, 9.17) is 4.74 Å². The summed E-state index contributed by atoms with van der Waals surface area (Å²) in [7, 11) is 0. The zero-order chi connectivity index (χ0) is 18.5. The van der Waals surface area contributed by atoms with Gasteiger partial charge in [0.05, 0.1) is 21.3 Å². The summed E-state index contributed by atoms with van der Waals surface area (Å²) in [5, 5.41) is 0.706. The van der Waals surface area contributed by atoms with Crippen LogP contribution in [0.25, 0.3) is 15.8 Å². The molecule has 2 aromatic carbocycles. The fourth-order valence-electron chi connectivity index (χ4n) is 2.77. The molecular weight excluding hydrogens is 348 g/mol. The fourth-order valence-corrected chi connectivity index (χ4v) is 3.76. The van der Waals surface area contributed by atoms with Gasteiger partial charge < -0.3 is 9.64 Å². The van der Waals surface area contributed by atoms with Crippen molar-refractivity contribution in [1.29, 1.82) is 0 Å². The van der Waals surface area contributed by atoms with Gasteiger partial charge in [-0.15, -0.1) is 0 Å². The smallest absolute Gasteiger partial charge is 0.338 e. The molecule has 0 spiro atoms. The van der Waals surface area contributed by atoms with Crippen LogP contribution in [0.15, 0.2) is 53.3 Å². The highest BCUT2D eigenvalue weighted by molar-refractivity contribution is 7.14. The van der Waals surface area contributed by atoms with Crippen LogP contribution in [0.4, 0.5) is 0 Å². The van der Waals surface area contributed by atoms with Crippen molar-refractivity contribution in [2.24, 2.45) is 0 Å². The van der Waals surface area contributed by atoms with Crippen LogP contribution in [0.1, 0.15) is 24.2 Å². The fraction of sp³-hybridized carbons (Fsp3) is 0.300. The van der Waals surface area contributed by atoms with E-state index in [9.17, 15) is 9.59 Å². The molecule has 3 aromatic rings. The third kappa shape index (κ3) is 3.86. The van der Waals surface area contributed by atoms with E-state index in [1.165, 1.54) is 11.5 Å². The largest absolute Gasteiger partial charge is 0.461 e. The van der Waals surface area contributed by atoms with Gasteiger partial charge in [0.1, 0.15) is 6.61 Å². The summed E-state index contributed by atoms with van der Waals surface area (Å²) < 4.78 is 7.91. The summed E-state index contributed by atoms with van der Waals surface area (Å²) in [4.78, 5) is 26.8. The Labute approximate surface area is 156 Å². The van der Waals surface area contributed by atoms with Gasteiger partial charge in [0.2, 0.25) is 0 Å². The first kappa shape index (κ1) is 18.4. The predicted octanol–water partition coefficient (Wildman–Crippen LogP) is 3.55. The van der Waals surface area contributed by atoms with Crippen LogP contribution in [0, 0.1) is 0 Å². The second-order valence-electron chi connectivity index (χ2n) is 5.90. The zero-order valence-electron chi connectivity index (χ0n) is 15.0. The summed E-state index contributed by atoms with van der Waals surface area (Å²) >= 11 is 1.40. The van der Waals surface area contributed by atoms with Crippen molar-refractivity contribution in [3.05, 3.63) is 64.4 Å². The van der Waals surface area contributed by atoms with E-state index in [0.717, 1.165) is 30.0 Å². The van der Waals surface area contributed by atoms with Gasteiger partial charge in [-0.25, -0.2) is 8.75 Å². The Balaban J connectivity index is 1.71. The van der Waals surface area contributed by atoms with Crippen LogP contribution >= 0.6 is 11.5 Å². The maximum atomic E-state index is 12.5. The van der Waals surface area contributed by atoms with Gasteiger partial charge in [-0.2, -0.15) is 0 Å². The van der Waals surface area contributed by atoms with E-state index in [1.54, 1.807) is 28.2 Å². The molecule has 0 fully saturated rings. The second kappa shape index (κ2) is 8.29. The number of benzene rings is 2. The molecule has 0 amide bonds. The first-order valence-electron chi connectivity index (χ1n) is 8.75. The predicted molar refractivity (Wildman–Crippen MR) is 105 cm³/mol. The second-order valence-corrected chi connectivity index (χ2v) is 6.88. The Kier molecular flexibility index (Phi) is 5.85. The lowest BCUT2D eigenvalue weighted by Gasteiger charge is -2.17. The molecule has 0 aliphatic heterocycles. The molecule has 0 unspecified atom stereocenters. The summed E-state index contributed by atoms with van der Waals surface area (Å²) in [6.45, 7) is 7.14. The van der Waals surface area contributed by atoms with Crippen LogP contribution < -0.4 is 5.56 Å². The molecule has 136 valence electrons. The Morgan fingerprint density at radius 2 is 1.77 bits per heavy atom. The van der Waals surface area contributed by atoms with Crippen molar-refractivity contribution >= 4 is 27.6 Å². The van der Waals surface area contributed by atoms with Gasteiger partial charge in [-0.1, -0.05) is 37.5 Å². The number of carbonyl (C=O) groups excluding carboxylic acids is 1. The first-order chi connectivity index (χ1) is 12.6. The number of nitrogens with zero attached hydrogens (tertiary/aromatic N) is 2. The molecule has 1 aromatic heterocycles. The lowest BCUT2D eigenvalue weighted by atomic mass is 10.2. The van der Waals surface area contributed by atoms with Crippen molar-refractivity contribution in [2.75, 3.05) is 26.2 Å². The van der Waals surface area contributed by atoms with E-state index in [0.29, 0.717) is 17.6 Å². The highest BCUT2D eigenvalue weighted by Crippen LogP contribution is 2.20. The molecule has 0 radical (unpaired) electrons. The summed E-state index contributed by atoms with van der Waals surface area (Å²) in [6.07, 6.45) is 0. The van der Waals surface area contributed by atoms with Gasteiger partial charge in [-0.3, -0.25) is 4.79 Å². The average Bonchev–Trinajstić information content (AvgIpc) is 3.02. The summed E-state index contributed by atoms with van der Waals surface area (Å²) in [5.74, 6) is -0.340. The lowest BCUT2D eigenvalue weighted by Crippen LogP contribution is -2.27. The van der Waals surface area contributed by atoms with E-state index in [2.05, 4.69) is 18.7 Å². The molecule has 0 aliphatic carbocycles. The van der Waals surface area contributed by atoms with Crippen LogP contribution in [0.3, 0.4) is 0 Å². The van der Waals surface area contributed by atoms with Crippen LogP contribution in [0.5, 0.6) is 0 Å². The third-order valence-electron chi connectivity index (χ3n) is 4.36. The summed E-state index contributed by atoms with van der Waals surface area (Å²) in [6, 6.07) is 14.5. The normalized spacial score (nSPS) is 11.2. The van der Waals surface area contributed by atoms with E-state index >= 15 is 0 Å². The molecule has 3 rings (SSSR count). The molecule has 1 heterocycles. The van der Waals surface area contributed by atoms with E-state index < -0.39 is 0 Å². The highest BCUT2D eigenvalue weighted by atomic mass is 32.1. The molecule has 0 saturated heterocycles. The van der Waals surface area contributed by atoms with Gasteiger partial charge >= 0.3 is 5.97 Å². The van der Waals surface area contributed by atoms with Gasteiger partial charge in [-0.05, 0) is 49.5 Å². The molecule has 0 aliphatic rings. The van der Waals surface area contributed by atoms with Crippen LogP contribution in [-0.2, 0) is 4.74 Å². The van der Waals surface area contributed by atoms with Crippen molar-refractivity contribution < 1.29 is 9.53 Å². The average molecular weight is 370 g/mol. The Hall–Kier alpha value is -2.44. The highest BCUT2D eigenvalue weighted by Gasteiger charge is 2.11. The standard InChI is InChI=1S/C20H22N2O3S/c1-3-21(4-2)13-14-25-20(24)15-9-11-16(12-10-15)22-19(23)17-7-5-6-8-18(17)26-22/h5-12H,3-4,13-14H2,1-2H3. The molecule has 0 atom stereocenters. The molecule has 0 bridgehead atoms. The Morgan fingerprint density at radius 1 is 1.08 bits per heavy atom. The maximum absolute atomic E-state index is 12.5. The van der Waals surface area contributed by atoms with Crippen molar-refractivity contribution in [1.82, 2.24) is 8.86 Å². The topological polar surface area (TPSA) is 51.5 Å². The van der Waals surface area contributed by atoms with Crippen molar-refractivity contribution in [3.8, 4) is 5.69 Å². The molecule has 5 nitrogen and oxygen atoms in total. The molecule has 0 N–H and O–H groups in total. The lowest BCUT2D eigenvalue weighted by molar-refractivity contribution is 0.0466. The van der Waals surface area contributed by atoms with E-state index in [1.807, 2.05) is 24.3 Å². The Bertz CT molecular complexity index is 940. The minimum atomic E-state index is -0.340. The molecular formula is C20H22N2O3S. The van der Waals surface area contributed by atoms with Crippen molar-refractivity contribution in [3.63, 3.8) is 0 Å². The third-order valence-corrected chi connectivity index (χ3v) is 5.48. The maximum Gasteiger partial charge on any atom is 0.338 e. The van der Waals surface area contributed by atoms with Crippen LogP contribution in [0.2, 0.25) is 0 Å². The quantitative estimate of drug-likeness (QED) is 0.597. The number of likely N-dealkylation sites (N-methyl/N-ethyl adjacent to an activating group) is 1. The number of hydrogen-bond acceptors (Lipinski definition) is 5. The number of esters is 1. The van der Waals surface area contributed by atoms with Gasteiger partial charge in [0.25, 0.3) is 5.56 Å². The van der Waals surface area contributed by atoms with Gasteiger partial charge in [0.15, 0.2) is 0 Å². The summed E-state index contributed by atoms with van der Waals surface area (Å²) in [5.41, 5.74) is 1.19. The number of carbonyl (C=O) groups is 1. The number of aromatic nitrogens is 1. The number of ether oxygens (including phenoxy) is 1. The number of fused-ring (bicyclic) bond motifs is 1. The minimum absolute atomic E-state index is 0.0415. The van der Waals surface area contributed by atoms with Crippen LogP contribution in [-0.4, -0.2) is 41.1 Å². The zero-order valence-corrected chi connectivity index (χ0v) is 15.8. The molecule has 0 saturated carbocycles. The Morgan fingerprint density at radius 3 is 2.42 bits per heavy atom. The SMILES string of the molecule is CCN(CC)CCOC(=O)c1ccc(-n2sc3ccccc3c2=O)cc1. The molecule has 6 heteroatoms. The minimum Gasteiger partial charge on any atom is -0.461 e. The monoisotopic (exact) mass is 370 g/mol. The molecule has 26 heavy (non-hydrogen) atoms. The number of hydrogen-bond donors (Lipinski definition) is 0. The number of rotatable bonds is 7. The van der Waals surface area contributed by atoms with Gasteiger partial charge in [0, 0.05) is 6.54 Å². The van der Waals surface area contributed by atoms with Crippen molar-refractivity contribution in [2.45, 2.75) is 13.8 Å². The van der Waals surface area contributed by atoms with E-state index in [-0.39, 0.29) is 11.5 Å². The first-order valence-corrected chi connectivity index (χ1v) is 9.52.